The fourth-order valence-electron chi connectivity index (χ4n) is 2.14. The highest BCUT2D eigenvalue weighted by Gasteiger charge is 2.48. The quantitative estimate of drug-likeness (QED) is 0.864. The first-order valence-corrected chi connectivity index (χ1v) is 6.12. The Kier molecular flexibility index (Phi) is 3.87. The van der Waals surface area contributed by atoms with E-state index >= 15 is 0 Å². The van der Waals surface area contributed by atoms with Gasteiger partial charge in [-0.2, -0.15) is 0 Å². The maximum Gasteiger partial charge on any atom is 0.319 e. The van der Waals surface area contributed by atoms with E-state index in [4.69, 9.17) is 16.3 Å². The summed E-state index contributed by atoms with van der Waals surface area (Å²) < 4.78 is 18.8. The van der Waals surface area contributed by atoms with Crippen molar-refractivity contribution in [2.24, 2.45) is 5.41 Å². The molecule has 1 atom stereocenters. The standard InChI is InChI=1S/C13H12ClFO4/c14-9-1-2-10(15)8(5-9)6-13(12(17)18)7-19-4-3-11(13)16/h1-2,5H,3-4,6-7H2,(H,17,18). The molecule has 1 aliphatic heterocycles. The number of hydrogen-bond acceptors (Lipinski definition) is 3. The summed E-state index contributed by atoms with van der Waals surface area (Å²) in [5.74, 6) is -2.31. The monoisotopic (exact) mass is 286 g/mol. The molecule has 0 bridgehead atoms. The average Bonchev–Trinajstić information content (AvgIpc) is 2.36. The van der Waals surface area contributed by atoms with Crippen LogP contribution in [0.25, 0.3) is 0 Å². The number of carbonyl (C=O) groups excluding carboxylic acids is 1. The minimum atomic E-state index is -1.72. The SMILES string of the molecule is O=C(O)C1(Cc2cc(Cl)ccc2F)COCCC1=O. The van der Waals surface area contributed by atoms with Crippen molar-refractivity contribution in [1.29, 1.82) is 0 Å². The number of aliphatic carboxylic acids is 1. The summed E-state index contributed by atoms with van der Waals surface area (Å²) in [4.78, 5) is 23.4. The molecule has 2 rings (SSSR count). The second kappa shape index (κ2) is 5.27. The lowest BCUT2D eigenvalue weighted by molar-refractivity contribution is -0.164. The van der Waals surface area contributed by atoms with Gasteiger partial charge in [-0.25, -0.2) is 4.39 Å². The number of hydrogen-bond donors (Lipinski definition) is 1. The van der Waals surface area contributed by atoms with Crippen LogP contribution in [0.2, 0.25) is 5.02 Å². The number of benzene rings is 1. The third-order valence-corrected chi connectivity index (χ3v) is 3.50. The van der Waals surface area contributed by atoms with Crippen LogP contribution in [0.5, 0.6) is 0 Å². The number of halogens is 2. The van der Waals surface area contributed by atoms with Crippen LogP contribution in [0.1, 0.15) is 12.0 Å². The first-order valence-electron chi connectivity index (χ1n) is 5.74. The minimum Gasteiger partial charge on any atom is -0.480 e. The van der Waals surface area contributed by atoms with Gasteiger partial charge in [-0.15, -0.1) is 0 Å². The van der Waals surface area contributed by atoms with E-state index in [0.717, 1.165) is 6.07 Å². The van der Waals surface area contributed by atoms with Crippen LogP contribution in [0.3, 0.4) is 0 Å². The third kappa shape index (κ3) is 2.62. The minimum absolute atomic E-state index is 0.0223. The first kappa shape index (κ1) is 14.0. The molecular weight excluding hydrogens is 275 g/mol. The highest BCUT2D eigenvalue weighted by molar-refractivity contribution is 6.30. The fourth-order valence-corrected chi connectivity index (χ4v) is 2.34. The van der Waals surface area contributed by atoms with Crippen molar-refractivity contribution in [1.82, 2.24) is 0 Å². The highest BCUT2D eigenvalue weighted by atomic mass is 35.5. The maximum atomic E-state index is 13.7. The maximum absolute atomic E-state index is 13.7. The van der Waals surface area contributed by atoms with Gasteiger partial charge in [0.2, 0.25) is 0 Å². The summed E-state index contributed by atoms with van der Waals surface area (Å²) >= 11 is 5.77. The lowest BCUT2D eigenvalue weighted by atomic mass is 9.76. The summed E-state index contributed by atoms with van der Waals surface area (Å²) in [7, 11) is 0. The predicted octanol–water partition coefficient (Wildman–Crippen LogP) is 2.08. The first-order chi connectivity index (χ1) is 8.95. The molecule has 1 N–H and O–H groups in total. The number of carbonyl (C=O) groups is 2. The zero-order valence-electron chi connectivity index (χ0n) is 9.99. The van der Waals surface area contributed by atoms with Crippen molar-refractivity contribution < 1.29 is 23.8 Å². The molecule has 1 aromatic carbocycles. The molecule has 0 saturated carbocycles. The van der Waals surface area contributed by atoms with Crippen molar-refractivity contribution in [3.8, 4) is 0 Å². The predicted molar refractivity (Wildman–Crippen MR) is 65.6 cm³/mol. The van der Waals surface area contributed by atoms with Gasteiger partial charge in [0.1, 0.15) is 5.82 Å². The molecular formula is C13H12ClFO4. The topological polar surface area (TPSA) is 63.6 Å². The molecule has 0 amide bonds. The van der Waals surface area contributed by atoms with E-state index < -0.39 is 23.0 Å². The van der Waals surface area contributed by atoms with E-state index in [-0.39, 0.29) is 31.6 Å². The molecule has 1 unspecified atom stereocenters. The Balaban J connectivity index is 2.38. The number of carboxylic acids is 1. The van der Waals surface area contributed by atoms with Gasteiger partial charge in [0.05, 0.1) is 13.2 Å². The number of ether oxygens (including phenoxy) is 1. The molecule has 19 heavy (non-hydrogen) atoms. The Labute approximate surface area is 114 Å². The summed E-state index contributed by atoms with van der Waals surface area (Å²) in [5, 5.41) is 9.62. The van der Waals surface area contributed by atoms with E-state index in [1.807, 2.05) is 0 Å². The van der Waals surface area contributed by atoms with E-state index in [1.165, 1.54) is 12.1 Å². The van der Waals surface area contributed by atoms with Crippen molar-refractivity contribution in [2.75, 3.05) is 13.2 Å². The number of ketones is 1. The zero-order chi connectivity index (χ0) is 14.0. The molecule has 0 spiro atoms. The molecule has 0 aliphatic carbocycles. The van der Waals surface area contributed by atoms with Gasteiger partial charge < -0.3 is 9.84 Å². The molecule has 1 aromatic rings. The van der Waals surface area contributed by atoms with Crippen LogP contribution in [0.15, 0.2) is 18.2 Å². The highest BCUT2D eigenvalue weighted by Crippen LogP contribution is 2.31. The van der Waals surface area contributed by atoms with Crippen LogP contribution < -0.4 is 0 Å². The molecule has 0 aromatic heterocycles. The van der Waals surface area contributed by atoms with Crippen molar-refractivity contribution in [3.05, 3.63) is 34.6 Å². The van der Waals surface area contributed by atoms with E-state index in [0.29, 0.717) is 5.02 Å². The Morgan fingerprint density at radius 1 is 1.53 bits per heavy atom. The van der Waals surface area contributed by atoms with Crippen molar-refractivity contribution in [2.45, 2.75) is 12.8 Å². The Hall–Kier alpha value is -1.46. The fraction of sp³-hybridized carbons (Fsp3) is 0.385. The Morgan fingerprint density at radius 3 is 2.89 bits per heavy atom. The normalized spacial score (nSPS) is 23.4. The summed E-state index contributed by atoms with van der Waals surface area (Å²) in [6.07, 6.45) is -0.234. The van der Waals surface area contributed by atoms with Gasteiger partial charge in [0.15, 0.2) is 11.2 Å². The number of carboxylic acid groups (broad SMARTS) is 1. The van der Waals surface area contributed by atoms with E-state index in [9.17, 15) is 19.1 Å². The van der Waals surface area contributed by atoms with Crippen LogP contribution in [-0.4, -0.2) is 30.1 Å². The molecule has 4 nitrogen and oxygen atoms in total. The molecule has 1 saturated heterocycles. The number of Topliss-reactive ketones (excluding diaryl/α,β-unsaturated/α-hetero) is 1. The molecule has 1 fully saturated rings. The summed E-state index contributed by atoms with van der Waals surface area (Å²) in [6.45, 7) is -0.0426. The second-order valence-corrected chi connectivity index (χ2v) is 4.96. The average molecular weight is 287 g/mol. The van der Waals surface area contributed by atoms with Crippen molar-refractivity contribution >= 4 is 23.4 Å². The van der Waals surface area contributed by atoms with E-state index in [2.05, 4.69) is 0 Å². The van der Waals surface area contributed by atoms with E-state index in [1.54, 1.807) is 0 Å². The molecule has 1 heterocycles. The van der Waals surface area contributed by atoms with Crippen LogP contribution >= 0.6 is 11.6 Å². The van der Waals surface area contributed by atoms with Crippen LogP contribution in [-0.2, 0) is 20.7 Å². The molecule has 1 aliphatic rings. The van der Waals surface area contributed by atoms with Crippen LogP contribution in [0.4, 0.5) is 4.39 Å². The van der Waals surface area contributed by atoms with Gasteiger partial charge in [-0.3, -0.25) is 9.59 Å². The molecule has 102 valence electrons. The Bertz CT molecular complexity index is 531. The lowest BCUT2D eigenvalue weighted by Crippen LogP contribution is -2.48. The molecule has 0 radical (unpaired) electrons. The van der Waals surface area contributed by atoms with Gasteiger partial charge in [0.25, 0.3) is 0 Å². The van der Waals surface area contributed by atoms with Crippen LogP contribution in [0, 0.1) is 11.2 Å². The lowest BCUT2D eigenvalue weighted by Gasteiger charge is -2.31. The summed E-state index contributed by atoms with van der Waals surface area (Å²) in [5.41, 5.74) is -1.61. The van der Waals surface area contributed by atoms with Gasteiger partial charge in [-0.1, -0.05) is 11.6 Å². The smallest absolute Gasteiger partial charge is 0.319 e. The third-order valence-electron chi connectivity index (χ3n) is 3.27. The largest absolute Gasteiger partial charge is 0.480 e. The summed E-state index contributed by atoms with van der Waals surface area (Å²) in [6, 6.07) is 3.86. The zero-order valence-corrected chi connectivity index (χ0v) is 10.7. The van der Waals surface area contributed by atoms with Gasteiger partial charge in [0, 0.05) is 17.9 Å². The second-order valence-electron chi connectivity index (χ2n) is 4.53. The van der Waals surface area contributed by atoms with Gasteiger partial charge >= 0.3 is 5.97 Å². The Morgan fingerprint density at radius 2 is 2.26 bits per heavy atom. The van der Waals surface area contributed by atoms with Gasteiger partial charge in [-0.05, 0) is 23.8 Å². The van der Waals surface area contributed by atoms with Crippen molar-refractivity contribution in [3.63, 3.8) is 0 Å². The number of rotatable bonds is 3. The molecule has 6 heteroatoms.